The standard InChI is InChI=1S/C15H15ClN6O2S/c1-4-11-8(2)25-15(18-11)19-14(23)9-5-10(16)12(6-13(9)24-3)22-7-17-20-21-22/h5-7H,4H2,1-3H3,(H,18,19,23). The summed E-state index contributed by atoms with van der Waals surface area (Å²) in [6, 6.07) is 3.13. The Bertz CT molecular complexity index is 909. The molecule has 10 heteroatoms. The lowest BCUT2D eigenvalue weighted by molar-refractivity contribution is 0.102. The van der Waals surface area contributed by atoms with Gasteiger partial charge in [0.15, 0.2) is 5.13 Å². The van der Waals surface area contributed by atoms with Crippen molar-refractivity contribution >= 4 is 34.0 Å². The number of aromatic nitrogens is 5. The Hall–Kier alpha value is -2.52. The molecule has 25 heavy (non-hydrogen) atoms. The van der Waals surface area contributed by atoms with Gasteiger partial charge in [0.2, 0.25) is 0 Å². The van der Waals surface area contributed by atoms with Crippen LogP contribution in [0, 0.1) is 6.92 Å². The molecular formula is C15H15ClN6O2S. The Morgan fingerprint density at radius 2 is 2.24 bits per heavy atom. The molecule has 130 valence electrons. The van der Waals surface area contributed by atoms with Gasteiger partial charge in [-0.2, -0.15) is 4.68 Å². The predicted molar refractivity (Wildman–Crippen MR) is 94.9 cm³/mol. The lowest BCUT2D eigenvalue weighted by atomic mass is 10.1. The number of hydrogen-bond donors (Lipinski definition) is 1. The third kappa shape index (κ3) is 3.47. The van der Waals surface area contributed by atoms with Crippen LogP contribution >= 0.6 is 22.9 Å². The van der Waals surface area contributed by atoms with E-state index in [0.717, 1.165) is 17.0 Å². The maximum absolute atomic E-state index is 12.6. The number of hydrogen-bond acceptors (Lipinski definition) is 7. The van der Waals surface area contributed by atoms with Crippen LogP contribution in [0.4, 0.5) is 5.13 Å². The number of thiazole rings is 1. The van der Waals surface area contributed by atoms with Crippen molar-refractivity contribution in [1.29, 1.82) is 0 Å². The second-order valence-corrected chi connectivity index (χ2v) is 6.70. The number of aryl methyl sites for hydroxylation is 2. The average Bonchev–Trinajstić information content (AvgIpc) is 3.24. The molecule has 0 atom stereocenters. The van der Waals surface area contributed by atoms with Crippen LogP contribution in [-0.2, 0) is 6.42 Å². The second-order valence-electron chi connectivity index (χ2n) is 5.09. The van der Waals surface area contributed by atoms with Crippen molar-refractivity contribution in [3.8, 4) is 11.4 Å². The van der Waals surface area contributed by atoms with E-state index in [-0.39, 0.29) is 5.91 Å². The number of nitrogens with one attached hydrogen (secondary N) is 1. The minimum absolute atomic E-state index is 0.301. The quantitative estimate of drug-likeness (QED) is 0.733. The molecule has 0 spiro atoms. The molecule has 2 heterocycles. The first-order chi connectivity index (χ1) is 12.0. The number of tetrazole rings is 1. The third-order valence-electron chi connectivity index (χ3n) is 3.56. The predicted octanol–water partition coefficient (Wildman–Crippen LogP) is 2.90. The monoisotopic (exact) mass is 378 g/mol. The van der Waals surface area contributed by atoms with E-state index in [9.17, 15) is 4.79 Å². The Balaban J connectivity index is 1.93. The van der Waals surface area contributed by atoms with Crippen molar-refractivity contribution < 1.29 is 9.53 Å². The van der Waals surface area contributed by atoms with E-state index in [1.54, 1.807) is 6.07 Å². The number of ether oxygens (including phenoxy) is 1. The van der Waals surface area contributed by atoms with Gasteiger partial charge in [0.05, 0.1) is 29.1 Å². The van der Waals surface area contributed by atoms with Crippen molar-refractivity contribution in [2.75, 3.05) is 12.4 Å². The van der Waals surface area contributed by atoms with Crippen LogP contribution in [0.3, 0.4) is 0 Å². The molecule has 0 aliphatic heterocycles. The molecule has 0 aliphatic rings. The minimum Gasteiger partial charge on any atom is -0.496 e. The number of halogens is 1. The molecule has 0 saturated carbocycles. The smallest absolute Gasteiger partial charge is 0.261 e. The van der Waals surface area contributed by atoms with Crippen LogP contribution in [0.5, 0.6) is 5.75 Å². The average molecular weight is 379 g/mol. The van der Waals surface area contributed by atoms with Crippen LogP contribution in [0.15, 0.2) is 18.5 Å². The fraction of sp³-hybridized carbons (Fsp3) is 0.267. The normalized spacial score (nSPS) is 10.7. The molecule has 1 N–H and O–H groups in total. The summed E-state index contributed by atoms with van der Waals surface area (Å²) in [4.78, 5) is 18.1. The summed E-state index contributed by atoms with van der Waals surface area (Å²) in [5.41, 5.74) is 1.79. The van der Waals surface area contributed by atoms with Crippen molar-refractivity contribution in [2.45, 2.75) is 20.3 Å². The zero-order valence-corrected chi connectivity index (χ0v) is 15.4. The SMILES string of the molecule is CCc1nc(NC(=O)c2cc(Cl)c(-n3cnnn3)cc2OC)sc1C. The first-order valence-electron chi connectivity index (χ1n) is 7.42. The molecule has 3 aromatic rings. The topological polar surface area (TPSA) is 94.8 Å². The van der Waals surface area contributed by atoms with Crippen molar-refractivity contribution in [1.82, 2.24) is 25.2 Å². The number of carbonyl (C=O) groups is 1. The molecule has 0 bridgehead atoms. The molecule has 3 rings (SSSR count). The number of methoxy groups -OCH3 is 1. The van der Waals surface area contributed by atoms with Crippen LogP contribution < -0.4 is 10.1 Å². The first kappa shape index (κ1) is 17.3. The number of amides is 1. The van der Waals surface area contributed by atoms with Crippen LogP contribution in [0.2, 0.25) is 5.02 Å². The van der Waals surface area contributed by atoms with E-state index in [1.807, 2.05) is 13.8 Å². The number of nitrogens with zero attached hydrogens (tertiary/aromatic N) is 5. The summed E-state index contributed by atoms with van der Waals surface area (Å²) in [5, 5.41) is 14.6. The lowest BCUT2D eigenvalue weighted by Crippen LogP contribution is -2.14. The van der Waals surface area contributed by atoms with Gasteiger partial charge < -0.3 is 4.74 Å². The summed E-state index contributed by atoms with van der Waals surface area (Å²) < 4.78 is 6.72. The summed E-state index contributed by atoms with van der Waals surface area (Å²) in [6.07, 6.45) is 2.22. The fourth-order valence-electron chi connectivity index (χ4n) is 2.31. The van der Waals surface area contributed by atoms with E-state index in [0.29, 0.717) is 27.2 Å². The van der Waals surface area contributed by atoms with Gasteiger partial charge in [-0.3, -0.25) is 10.1 Å². The van der Waals surface area contributed by atoms with Crippen LogP contribution in [-0.4, -0.2) is 38.2 Å². The van der Waals surface area contributed by atoms with Gasteiger partial charge in [-0.25, -0.2) is 4.98 Å². The maximum atomic E-state index is 12.6. The molecule has 0 fully saturated rings. The summed E-state index contributed by atoms with van der Waals surface area (Å²) in [5.74, 6) is 0.00908. The Kier molecular flexibility index (Phi) is 4.95. The molecule has 2 aromatic heterocycles. The number of rotatable bonds is 5. The highest BCUT2D eigenvalue weighted by molar-refractivity contribution is 7.15. The fourth-order valence-corrected chi connectivity index (χ4v) is 3.46. The first-order valence-corrected chi connectivity index (χ1v) is 8.61. The van der Waals surface area contributed by atoms with E-state index in [4.69, 9.17) is 16.3 Å². The molecule has 0 aliphatic carbocycles. The van der Waals surface area contributed by atoms with Crippen LogP contribution in [0.25, 0.3) is 5.69 Å². The molecule has 1 aromatic carbocycles. The number of carbonyl (C=O) groups excluding carboxylic acids is 1. The van der Waals surface area contributed by atoms with Crippen molar-refractivity contribution in [3.05, 3.63) is 39.6 Å². The summed E-state index contributed by atoms with van der Waals surface area (Å²) in [7, 11) is 1.48. The van der Waals surface area contributed by atoms with Gasteiger partial charge >= 0.3 is 0 Å². The molecule has 0 unspecified atom stereocenters. The van der Waals surface area contributed by atoms with E-state index < -0.39 is 0 Å². The van der Waals surface area contributed by atoms with Gasteiger partial charge in [-0.15, -0.1) is 16.4 Å². The number of benzene rings is 1. The molecule has 0 saturated heterocycles. The molecule has 0 radical (unpaired) electrons. The summed E-state index contributed by atoms with van der Waals surface area (Å²) >= 11 is 7.72. The highest BCUT2D eigenvalue weighted by Crippen LogP contribution is 2.30. The van der Waals surface area contributed by atoms with Gasteiger partial charge in [0.25, 0.3) is 5.91 Å². The largest absolute Gasteiger partial charge is 0.496 e. The van der Waals surface area contributed by atoms with Gasteiger partial charge in [-0.1, -0.05) is 18.5 Å². The third-order valence-corrected chi connectivity index (χ3v) is 4.79. The van der Waals surface area contributed by atoms with Gasteiger partial charge in [0, 0.05) is 10.9 Å². The van der Waals surface area contributed by atoms with Gasteiger partial charge in [-0.05, 0) is 29.8 Å². The number of anilines is 1. The maximum Gasteiger partial charge on any atom is 0.261 e. The van der Waals surface area contributed by atoms with E-state index in [1.165, 1.54) is 35.5 Å². The highest BCUT2D eigenvalue weighted by Gasteiger charge is 2.19. The Labute approximate surface area is 152 Å². The molecular weight excluding hydrogens is 364 g/mol. The van der Waals surface area contributed by atoms with Crippen molar-refractivity contribution in [3.63, 3.8) is 0 Å². The van der Waals surface area contributed by atoms with Crippen LogP contribution in [0.1, 0.15) is 27.9 Å². The Morgan fingerprint density at radius 1 is 1.44 bits per heavy atom. The van der Waals surface area contributed by atoms with Crippen molar-refractivity contribution in [2.24, 2.45) is 0 Å². The zero-order valence-electron chi connectivity index (χ0n) is 13.8. The molecule has 1 amide bonds. The minimum atomic E-state index is -0.349. The molecule has 8 nitrogen and oxygen atoms in total. The zero-order chi connectivity index (χ0) is 18.0. The van der Waals surface area contributed by atoms with Gasteiger partial charge in [0.1, 0.15) is 12.1 Å². The van der Waals surface area contributed by atoms with E-state index >= 15 is 0 Å². The highest BCUT2D eigenvalue weighted by atomic mass is 35.5. The summed E-state index contributed by atoms with van der Waals surface area (Å²) in [6.45, 7) is 4.00. The lowest BCUT2D eigenvalue weighted by Gasteiger charge is -2.11. The Morgan fingerprint density at radius 3 is 2.84 bits per heavy atom. The second kappa shape index (κ2) is 7.16. The van der Waals surface area contributed by atoms with E-state index in [2.05, 4.69) is 25.8 Å².